The summed E-state index contributed by atoms with van der Waals surface area (Å²) in [6, 6.07) is 25.9. The van der Waals surface area contributed by atoms with E-state index in [-0.39, 0.29) is 41.3 Å². The van der Waals surface area contributed by atoms with E-state index in [9.17, 15) is 40.8 Å². The van der Waals surface area contributed by atoms with E-state index in [0.29, 0.717) is 87.9 Å². The van der Waals surface area contributed by atoms with Crippen LogP contribution in [0.15, 0.2) is 132 Å². The predicted molar refractivity (Wildman–Crippen MR) is 295 cm³/mol. The Bertz CT molecular complexity index is 3290. The Morgan fingerprint density at radius 2 is 0.987 bits per heavy atom. The molecule has 0 unspecified atom stereocenters. The third-order valence-corrected chi connectivity index (χ3v) is 15.3. The lowest BCUT2D eigenvalue weighted by molar-refractivity contribution is -0.684. The molecule has 5 amide bonds. The van der Waals surface area contributed by atoms with Crippen molar-refractivity contribution in [2.75, 3.05) is 44.0 Å². The van der Waals surface area contributed by atoms with Gasteiger partial charge in [0.25, 0.3) is 37.8 Å². The van der Waals surface area contributed by atoms with Gasteiger partial charge in [-0.15, -0.1) is 0 Å². The van der Waals surface area contributed by atoms with Crippen LogP contribution in [0.25, 0.3) is 0 Å². The molecule has 10 N–H and O–H groups in total. The van der Waals surface area contributed by atoms with E-state index >= 15 is 0 Å². The van der Waals surface area contributed by atoms with E-state index in [1.165, 1.54) is 12.1 Å². The third kappa shape index (κ3) is 17.6. The van der Waals surface area contributed by atoms with Gasteiger partial charge in [-0.05, 0) is 136 Å². The number of hydroxylamine groups is 1. The van der Waals surface area contributed by atoms with Crippen LogP contribution >= 0.6 is 0 Å². The number of anilines is 6. The highest BCUT2D eigenvalue weighted by atomic mass is 32.2. The molecule has 0 aliphatic rings. The fraction of sp³-hybridized carbons (Fsp3) is 0.278. The summed E-state index contributed by atoms with van der Waals surface area (Å²) in [6.07, 6.45) is 13.5. The Hall–Kier alpha value is -8.45. The average molecular weight is 1110 g/mol. The highest BCUT2D eigenvalue weighted by molar-refractivity contribution is 7.93. The van der Waals surface area contributed by atoms with Gasteiger partial charge in [-0.25, -0.2) is 22.3 Å². The minimum Gasteiger partial charge on any atom is -0.352 e. The fourth-order valence-electron chi connectivity index (χ4n) is 8.26. The van der Waals surface area contributed by atoms with Gasteiger partial charge < -0.3 is 16.0 Å². The molecule has 0 aliphatic heterocycles. The summed E-state index contributed by atoms with van der Waals surface area (Å²) in [5, 5.41) is 8.70. The predicted octanol–water partition coefficient (Wildman–Crippen LogP) is 5.31. The molecule has 24 heteroatoms. The number of benzene rings is 4. The number of amides is 5. The monoisotopic (exact) mass is 1110 g/mol. The molecular weight excluding hydrogens is 1040 g/mol. The zero-order valence-corrected chi connectivity index (χ0v) is 45.4. The number of hydrogen-bond acceptors (Lipinski definition) is 13. The lowest BCUT2D eigenvalue weighted by Crippen LogP contribution is -2.41. The molecule has 4 aromatic carbocycles. The SMILES string of the molecule is Cc1ccc(S(=O)(=O)Nc2ccc(NNC=O)cc2)c(C)c1NC(=O)C[n+]1cccc(CONCCCCCCCCNC(=O)c2ccc[n+](CC(=O)Nc3c(C)ccc(S(=O)(=O)Nc4ccc(NNC=O)cc4)c3C)c2)c1. The van der Waals surface area contributed by atoms with Gasteiger partial charge in [-0.2, -0.15) is 9.13 Å². The third-order valence-electron chi connectivity index (χ3n) is 12.2. The van der Waals surface area contributed by atoms with Gasteiger partial charge in [0.1, 0.15) is 5.56 Å². The molecule has 0 fully saturated rings. The van der Waals surface area contributed by atoms with Crippen molar-refractivity contribution in [1.82, 2.24) is 21.6 Å². The van der Waals surface area contributed by atoms with E-state index in [1.807, 2.05) is 18.3 Å². The number of carbonyl (C=O) groups is 5. The molecule has 0 spiro atoms. The van der Waals surface area contributed by atoms with Crippen LogP contribution in [-0.2, 0) is 63.8 Å². The standard InChI is InChI=1S/C54H64N12O10S2/c1-38-15-25-48(77(72,73)63-46-21-17-44(18-22-46)61-56-36-67)40(3)52(38)59-50(69)33-65-29-11-13-42(31-65)35-76-58-28-10-8-6-5-7-9-27-55-54(71)43-14-12-30-66(32-43)34-51(70)60-53-39(2)16-26-49(41(53)4)78(74,75)64-47-23-19-45(20-24-47)62-57-37-68/h11-26,29-32,36-37,58,61-64H,5-10,27-28,33-35H2,1-4H3,(H3-2,55,56,57,59,60,67,68,69,70,71)/p+2. The second kappa shape index (κ2) is 28.6. The van der Waals surface area contributed by atoms with Crippen molar-refractivity contribution in [1.29, 1.82) is 0 Å². The summed E-state index contributed by atoms with van der Waals surface area (Å²) in [6.45, 7) is 8.11. The first-order valence-corrected chi connectivity index (χ1v) is 28.0. The topological polar surface area (TPSA) is 291 Å². The van der Waals surface area contributed by atoms with Gasteiger partial charge in [0.05, 0.1) is 27.8 Å². The molecule has 412 valence electrons. The molecule has 0 bridgehead atoms. The highest BCUT2D eigenvalue weighted by Crippen LogP contribution is 2.30. The normalized spacial score (nSPS) is 11.2. The zero-order valence-electron chi connectivity index (χ0n) is 43.8. The van der Waals surface area contributed by atoms with Crippen LogP contribution in [-0.4, -0.2) is 60.5 Å². The summed E-state index contributed by atoms with van der Waals surface area (Å²) in [7, 11) is -8.06. The number of unbranched alkanes of at least 4 members (excludes halogenated alkanes) is 5. The second-order valence-electron chi connectivity index (χ2n) is 18.2. The molecule has 0 atom stereocenters. The summed E-state index contributed by atoms with van der Waals surface area (Å²) < 4.78 is 62.0. The fourth-order valence-corrected chi connectivity index (χ4v) is 10.9. The Morgan fingerprint density at radius 3 is 1.49 bits per heavy atom. The minimum atomic E-state index is -4.04. The summed E-state index contributed by atoms with van der Waals surface area (Å²) in [4.78, 5) is 66.3. The Labute approximate surface area is 454 Å². The molecule has 0 saturated heterocycles. The van der Waals surface area contributed by atoms with Crippen molar-refractivity contribution in [2.24, 2.45) is 0 Å². The summed E-state index contributed by atoms with van der Waals surface area (Å²) >= 11 is 0. The van der Waals surface area contributed by atoms with Gasteiger partial charge in [0, 0.05) is 53.5 Å². The van der Waals surface area contributed by atoms with Crippen LogP contribution in [0.3, 0.4) is 0 Å². The van der Waals surface area contributed by atoms with Crippen LogP contribution in [0, 0.1) is 27.7 Å². The lowest BCUT2D eigenvalue weighted by atomic mass is 10.1. The van der Waals surface area contributed by atoms with Gasteiger partial charge in [0.2, 0.25) is 25.9 Å². The number of nitrogens with zero attached hydrogens (tertiary/aromatic N) is 2. The van der Waals surface area contributed by atoms with Crippen molar-refractivity contribution in [2.45, 2.75) is 95.7 Å². The number of nitrogens with one attached hydrogen (secondary N) is 10. The van der Waals surface area contributed by atoms with Crippen LogP contribution in [0.4, 0.5) is 34.1 Å². The average Bonchev–Trinajstić information content (AvgIpc) is 3.47. The Morgan fingerprint density at radius 1 is 0.538 bits per heavy atom. The number of aryl methyl sites for hydroxylation is 2. The number of aromatic nitrogens is 2. The molecule has 0 aliphatic carbocycles. The van der Waals surface area contributed by atoms with E-state index in [4.69, 9.17) is 4.84 Å². The first-order valence-electron chi connectivity index (χ1n) is 25.0. The molecule has 0 radical (unpaired) electrons. The molecule has 6 rings (SSSR count). The van der Waals surface area contributed by atoms with Gasteiger partial charge in [-0.1, -0.05) is 37.8 Å². The zero-order chi connectivity index (χ0) is 56.1. The molecule has 22 nitrogen and oxygen atoms in total. The van der Waals surface area contributed by atoms with E-state index in [1.54, 1.807) is 128 Å². The van der Waals surface area contributed by atoms with Crippen molar-refractivity contribution in [3.05, 3.63) is 155 Å². The van der Waals surface area contributed by atoms with Crippen LogP contribution in [0.2, 0.25) is 0 Å². The number of rotatable bonds is 31. The van der Waals surface area contributed by atoms with Crippen molar-refractivity contribution < 1.29 is 54.8 Å². The number of hydrazine groups is 2. The van der Waals surface area contributed by atoms with E-state index in [0.717, 1.165) is 44.1 Å². The highest BCUT2D eigenvalue weighted by Gasteiger charge is 2.24. The van der Waals surface area contributed by atoms with E-state index in [2.05, 4.69) is 52.6 Å². The number of hydrogen-bond donors (Lipinski definition) is 10. The Balaban J connectivity index is 0.841. The quantitative estimate of drug-likeness (QED) is 0.0114. The number of sulfonamides is 2. The van der Waals surface area contributed by atoms with Crippen LogP contribution in [0.5, 0.6) is 0 Å². The second-order valence-corrected chi connectivity index (χ2v) is 21.5. The molecule has 2 heterocycles. The van der Waals surface area contributed by atoms with Crippen molar-refractivity contribution in [3.63, 3.8) is 0 Å². The smallest absolute Gasteiger partial charge is 0.290 e. The summed E-state index contributed by atoms with van der Waals surface area (Å²) in [5.41, 5.74) is 18.8. The van der Waals surface area contributed by atoms with Gasteiger partial charge in [-0.3, -0.25) is 60.0 Å². The largest absolute Gasteiger partial charge is 0.352 e. The first-order chi connectivity index (χ1) is 37.5. The number of carbonyl (C=O) groups excluding carboxylic acids is 5. The lowest BCUT2D eigenvalue weighted by Gasteiger charge is -2.16. The Kier molecular flexibility index (Phi) is 21.6. The molecule has 2 aromatic heterocycles. The van der Waals surface area contributed by atoms with E-state index < -0.39 is 26.0 Å². The molecular formula is C54H66N12O10S2+2. The maximum Gasteiger partial charge on any atom is 0.290 e. The van der Waals surface area contributed by atoms with Gasteiger partial charge >= 0.3 is 0 Å². The molecule has 78 heavy (non-hydrogen) atoms. The maximum absolute atomic E-state index is 13.4. The first kappa shape index (κ1) is 58.8. The van der Waals surface area contributed by atoms with Crippen molar-refractivity contribution >= 4 is 84.7 Å². The van der Waals surface area contributed by atoms with Gasteiger partial charge in [0.15, 0.2) is 24.8 Å². The maximum atomic E-state index is 13.4. The van der Waals surface area contributed by atoms with Crippen LogP contribution < -0.4 is 61.7 Å². The molecule has 6 aromatic rings. The van der Waals surface area contributed by atoms with Crippen LogP contribution in [0.1, 0.15) is 76.7 Å². The molecule has 0 saturated carbocycles. The van der Waals surface area contributed by atoms with Crippen molar-refractivity contribution in [3.8, 4) is 0 Å². The minimum absolute atomic E-state index is 0.00854. The summed E-state index contributed by atoms with van der Waals surface area (Å²) in [5.74, 6) is -1.00. The number of pyridine rings is 2.